The number of nitrogens with zero attached hydrogens (tertiary/aromatic N) is 15. The summed E-state index contributed by atoms with van der Waals surface area (Å²) in [5, 5.41) is 0. The van der Waals surface area contributed by atoms with Gasteiger partial charge in [-0.05, 0) is 141 Å². The number of primary amides is 6. The van der Waals surface area contributed by atoms with Crippen LogP contribution in [-0.4, -0.2) is 138 Å². The van der Waals surface area contributed by atoms with E-state index in [2.05, 4.69) is 62.8 Å². The normalized spacial score (nSPS) is 12.6. The maximum atomic E-state index is 12.9. The lowest BCUT2D eigenvalue weighted by atomic mass is 10.1. The van der Waals surface area contributed by atoms with Gasteiger partial charge in [0.25, 0.3) is 29.5 Å². The minimum absolute atomic E-state index is 0.00693. The van der Waals surface area contributed by atoms with E-state index in [-0.39, 0.29) is 131 Å². The van der Waals surface area contributed by atoms with Gasteiger partial charge in [0.15, 0.2) is 46.5 Å². The van der Waals surface area contributed by atoms with E-state index in [0.29, 0.717) is 136 Å². The van der Waals surface area contributed by atoms with Crippen molar-refractivity contribution in [1.82, 2.24) is 49.8 Å². The first-order valence-electron chi connectivity index (χ1n) is 46.6. The molecule has 744 valence electrons. The number of fused-ring (bicyclic) bond motifs is 5. The Balaban J connectivity index is 0.000000138. The molecule has 0 radical (unpaired) electrons. The molecule has 12 N–H and O–H groups in total. The largest absolute Gasteiger partial charge is 0.373 e. The number of rotatable bonds is 22. The topological polar surface area (TPSA) is 574 Å². The number of benzene rings is 10. The summed E-state index contributed by atoms with van der Waals surface area (Å²) in [5.41, 5.74) is 49.9. The number of hydrogen-bond acceptors (Lipinski definition) is 26. The van der Waals surface area contributed by atoms with E-state index in [1.54, 1.807) is 95.9 Å². The van der Waals surface area contributed by atoms with Crippen molar-refractivity contribution in [2.45, 2.75) is 114 Å². The third kappa shape index (κ3) is 22.6. The van der Waals surface area contributed by atoms with Crippen LogP contribution < -0.4 is 58.9 Å². The zero-order valence-corrected chi connectivity index (χ0v) is 82.0. The van der Waals surface area contributed by atoms with Gasteiger partial charge in [0, 0.05) is 77.9 Å². The molecule has 5 aliphatic heterocycles. The Labute approximate surface area is 852 Å². The molecule has 0 fully saturated rings. The highest BCUT2D eigenvalue weighted by Crippen LogP contribution is 2.44. The number of aromatic nitrogens is 10. The average Bonchev–Trinajstić information content (AvgIpc) is 1.62. The van der Waals surface area contributed by atoms with Crippen LogP contribution in [0.15, 0.2) is 243 Å². The first kappa shape index (κ1) is 104. The Morgan fingerprint density at radius 2 is 0.463 bits per heavy atom. The highest BCUT2D eigenvalue weighted by Gasteiger charge is 2.42. The van der Waals surface area contributed by atoms with Gasteiger partial charge >= 0.3 is 6.15 Å². The van der Waals surface area contributed by atoms with E-state index in [1.165, 1.54) is 52.0 Å². The van der Waals surface area contributed by atoms with E-state index in [4.69, 9.17) is 44.0 Å². The summed E-state index contributed by atoms with van der Waals surface area (Å²) in [7, 11) is 0. The summed E-state index contributed by atoms with van der Waals surface area (Å²) in [4.78, 5) is 239. The summed E-state index contributed by atoms with van der Waals surface area (Å²) >= 11 is 0. The molecule has 10 aromatic carbocycles. The van der Waals surface area contributed by atoms with Crippen molar-refractivity contribution >= 4 is 146 Å². The molecule has 11 amide bonds. The Hall–Kier alpha value is -19.8. The van der Waals surface area contributed by atoms with Crippen molar-refractivity contribution < 1.29 is 76.7 Å². The molecule has 0 atom stereocenters. The molecular weight excluding hydrogens is 1900 g/mol. The molecule has 149 heavy (non-hydrogen) atoms. The van der Waals surface area contributed by atoms with Gasteiger partial charge < -0.3 is 34.4 Å². The Morgan fingerprint density at radius 1 is 0.268 bits per heavy atom. The van der Waals surface area contributed by atoms with Crippen LogP contribution in [0.1, 0.15) is 196 Å². The molecule has 5 aromatic heterocycles. The molecule has 0 saturated carbocycles. The third-order valence-corrected chi connectivity index (χ3v) is 24.5. The van der Waals surface area contributed by atoms with Crippen molar-refractivity contribution in [2.24, 2.45) is 34.4 Å². The lowest BCUT2D eigenvalue weighted by molar-refractivity contribution is -0.192. The number of unbranched alkanes of at least 4 members (excludes halogenated alkanes) is 1. The van der Waals surface area contributed by atoms with Crippen LogP contribution in [0.25, 0.3) is 56.9 Å². The Morgan fingerprint density at radius 3 is 0.658 bits per heavy atom. The fourth-order valence-electron chi connectivity index (χ4n) is 17.0. The van der Waals surface area contributed by atoms with Crippen LogP contribution >= 0.6 is 0 Å². The van der Waals surface area contributed by atoms with Gasteiger partial charge in [-0.1, -0.05) is 217 Å². The van der Waals surface area contributed by atoms with Crippen LogP contribution in [0.5, 0.6) is 0 Å². The first-order chi connectivity index (χ1) is 71.3. The van der Waals surface area contributed by atoms with Crippen LogP contribution in [0.2, 0.25) is 0 Å². The van der Waals surface area contributed by atoms with Gasteiger partial charge in [-0.3, -0.25) is 91.6 Å². The van der Waals surface area contributed by atoms with Crippen molar-refractivity contribution in [3.05, 3.63) is 355 Å². The molecule has 0 unspecified atom stereocenters. The first-order valence-corrected chi connectivity index (χ1v) is 46.6. The van der Waals surface area contributed by atoms with Gasteiger partial charge in [-0.2, -0.15) is 9.59 Å². The molecular formula is C112H95N21O16. The highest BCUT2D eigenvalue weighted by molar-refractivity contribution is 6.15. The SMILES string of the molecule is CC(=O)c1cccc(N2C(=O)Cc3c(C(N)=O)nc(-c4ccc(C)cc4)nc32)c1.CC(=O)c1cccc(N2C(=O)Cc3c(C(N)=O)nc(-c4ccc(C)cc4)nc32)c1.CC(=O)c1cccc(N2C(=O)Cc3c(C(N)=O)nc(-c4ccc(C)cc4)nc32)c1.CCCCc1cccc(N2C(=O)Cc3c(C(N)=O)nc(-c4ccc(C)cc4)nc32)c1.Cc1ccc(-c2nc(C(N)=O)c3c(n2)N(c2cccc(C(N)=O)c2)C(=O)C3)cc1.O=C=O. The number of Topliss-reactive ketones (excluding diaryl/α,β-unsaturated/α-hetero) is 3. The molecule has 37 nitrogen and oxygen atoms in total. The molecule has 15 aromatic rings. The van der Waals surface area contributed by atoms with E-state index in [0.717, 1.165) is 58.3 Å². The minimum Gasteiger partial charge on any atom is -0.366 e. The highest BCUT2D eigenvalue weighted by atomic mass is 16.2. The van der Waals surface area contributed by atoms with Crippen LogP contribution in [0.4, 0.5) is 57.5 Å². The molecule has 37 heteroatoms. The van der Waals surface area contributed by atoms with Crippen LogP contribution in [0.3, 0.4) is 0 Å². The molecule has 0 spiro atoms. The fourth-order valence-corrected chi connectivity index (χ4v) is 17.0. The number of hydrogen-bond donors (Lipinski definition) is 6. The van der Waals surface area contributed by atoms with Gasteiger partial charge in [-0.15, -0.1) is 0 Å². The zero-order valence-electron chi connectivity index (χ0n) is 82.0. The van der Waals surface area contributed by atoms with Gasteiger partial charge in [0.05, 0.1) is 60.5 Å². The van der Waals surface area contributed by atoms with Gasteiger partial charge in [0.1, 0.15) is 57.6 Å². The number of ketones is 3. The summed E-state index contributed by atoms with van der Waals surface area (Å²) < 4.78 is 0. The van der Waals surface area contributed by atoms with Gasteiger partial charge in [-0.25, -0.2) is 49.8 Å². The number of carbonyl (C=O) groups is 14. The minimum atomic E-state index is -0.738. The van der Waals surface area contributed by atoms with E-state index in [1.807, 2.05) is 174 Å². The Bertz CT molecular complexity index is 7330. The Kier molecular flexibility index (Phi) is 30.8. The molecule has 0 aliphatic carbocycles. The van der Waals surface area contributed by atoms with E-state index < -0.39 is 35.4 Å². The molecule has 0 bridgehead atoms. The third-order valence-electron chi connectivity index (χ3n) is 24.5. The standard InChI is InChI=1S/C24H24N4O2.3C22H18N4O3.C21H17N5O3.CO2/c1-3-4-6-16-7-5-8-18(13-16)28-20(29)14-19-21(22(25)30)26-23(27-24(19)28)17-11-9-15(2)10-12-17;3*1-12-6-8-14(9-7-12)21-24-19(20(23)29)17-11-18(28)26(22(17)25-21)16-5-3-4-15(10-16)13(2)27;1-11-5-7-12(8-6-11)20-24-17(19(23)29)15-10-16(27)26(21(15)25-20)14-4-2-3-13(9-14)18(22)28;2-1-3/h5,7-13H,3-4,6,14H2,1-2H3,(H2,25,30);3*3-10H,11H2,1-2H3,(H2,23,29);2-9H,10H2,1H3,(H2,22,28)(H2,23,29);. The molecule has 5 aliphatic rings. The zero-order chi connectivity index (χ0) is 107. The van der Waals surface area contributed by atoms with Crippen molar-refractivity contribution in [3.63, 3.8) is 0 Å². The monoisotopic (exact) mass is 1990 g/mol. The molecule has 20 rings (SSSR count). The second-order valence-corrected chi connectivity index (χ2v) is 35.3. The summed E-state index contributed by atoms with van der Waals surface area (Å²) in [6.07, 6.45) is 3.27. The van der Waals surface area contributed by atoms with Crippen LogP contribution in [-0.2, 0) is 72.1 Å². The number of anilines is 10. The van der Waals surface area contributed by atoms with E-state index in [9.17, 15) is 67.1 Å². The smallest absolute Gasteiger partial charge is 0.366 e. The lowest BCUT2D eigenvalue weighted by Gasteiger charge is -2.18. The quantitative estimate of drug-likeness (QED) is 0.0343. The molecule has 10 heterocycles. The summed E-state index contributed by atoms with van der Waals surface area (Å²) in [6.45, 7) is 16.4. The van der Waals surface area contributed by atoms with Crippen molar-refractivity contribution in [1.29, 1.82) is 0 Å². The fraction of sp³-hybridized carbons (Fsp3) is 0.152. The van der Waals surface area contributed by atoms with Crippen LogP contribution in [0, 0.1) is 34.6 Å². The lowest BCUT2D eigenvalue weighted by Crippen LogP contribution is -2.22. The van der Waals surface area contributed by atoms with Gasteiger partial charge in [0.2, 0.25) is 35.4 Å². The summed E-state index contributed by atoms with van der Waals surface area (Å²) in [5.74, 6) is -2.51. The van der Waals surface area contributed by atoms with E-state index >= 15 is 0 Å². The van der Waals surface area contributed by atoms with Crippen molar-refractivity contribution in [3.8, 4) is 56.9 Å². The van der Waals surface area contributed by atoms with Crippen molar-refractivity contribution in [2.75, 3.05) is 24.5 Å². The number of nitrogens with two attached hydrogens (primary N) is 6. The number of aryl methyl sites for hydroxylation is 6. The number of carbonyl (C=O) groups excluding carboxylic acids is 16. The number of amides is 11. The summed E-state index contributed by atoms with van der Waals surface area (Å²) in [6, 6.07) is 72.2. The second-order valence-electron chi connectivity index (χ2n) is 35.3. The maximum absolute atomic E-state index is 12.9. The predicted molar refractivity (Wildman–Crippen MR) is 552 cm³/mol. The predicted octanol–water partition coefficient (Wildman–Crippen LogP) is 14.3. The molecule has 0 saturated heterocycles. The average molecular weight is 1990 g/mol. The second kappa shape index (κ2) is 44.4. The maximum Gasteiger partial charge on any atom is 0.373 e.